The first-order chi connectivity index (χ1) is 17.8. The van der Waals surface area contributed by atoms with Crippen molar-refractivity contribution in [1.29, 1.82) is 0 Å². The van der Waals surface area contributed by atoms with Crippen LogP contribution in [0.1, 0.15) is 119 Å². The average Bonchev–Trinajstić information content (AvgIpc) is 3.21. The van der Waals surface area contributed by atoms with Gasteiger partial charge in [0.25, 0.3) is 0 Å². The monoisotopic (exact) mass is 514 g/mol. The molecule has 0 heterocycles. The van der Waals surface area contributed by atoms with E-state index in [1.807, 2.05) is 0 Å². The molecule has 9 atom stereocenters. The molecule has 5 fully saturated rings. The molecule has 0 aliphatic heterocycles. The van der Waals surface area contributed by atoms with Crippen LogP contribution in [0.3, 0.4) is 0 Å². The highest BCUT2D eigenvalue weighted by Crippen LogP contribution is 2.77. The van der Waals surface area contributed by atoms with Crippen molar-refractivity contribution in [1.82, 2.24) is 0 Å². The molecule has 208 valence electrons. The molecule has 1 aromatic carbocycles. The van der Waals surface area contributed by atoms with Gasteiger partial charge in [-0.25, -0.2) is 0 Å². The summed E-state index contributed by atoms with van der Waals surface area (Å²) in [5.41, 5.74) is 3.51. The molecule has 0 N–H and O–H groups in total. The van der Waals surface area contributed by atoms with E-state index in [2.05, 4.69) is 91.8 Å². The predicted molar refractivity (Wildman–Crippen MR) is 159 cm³/mol. The zero-order valence-electron chi connectivity index (χ0n) is 25.7. The quantitative estimate of drug-likeness (QED) is 0.359. The van der Waals surface area contributed by atoms with Crippen LogP contribution in [0.4, 0.5) is 0 Å². The lowest BCUT2D eigenvalue weighted by Gasteiger charge is -2.72. The minimum atomic E-state index is -0.286. The maximum atomic E-state index is 14.0. The van der Waals surface area contributed by atoms with E-state index in [9.17, 15) is 4.79 Å². The zero-order valence-corrected chi connectivity index (χ0v) is 25.7. The molecule has 0 amide bonds. The van der Waals surface area contributed by atoms with Crippen molar-refractivity contribution < 1.29 is 4.79 Å². The Morgan fingerprint density at radius 3 is 2.18 bits per heavy atom. The molecule has 0 spiro atoms. The summed E-state index contributed by atoms with van der Waals surface area (Å²) >= 11 is 0. The standard InChI is InChI=1S/C37H54O/c1-24(2)27-16-18-34(5)20-21-36(7)28(31(27)34)14-15-30-35(6)23-26(22-25-12-10-9-11-13-25)32(38)33(3,4)29(35)17-19-37(30,36)8/h9-13,22,24,27-31H,14-21,23H2,1-8H3/b26-22-/t27-,28?,29-,30?,31+,34?,35?,36+,37?/m0/s1. The van der Waals surface area contributed by atoms with Crippen LogP contribution in [0.5, 0.6) is 0 Å². The van der Waals surface area contributed by atoms with Crippen molar-refractivity contribution in [2.24, 2.45) is 62.6 Å². The van der Waals surface area contributed by atoms with Gasteiger partial charge in [-0.05, 0) is 132 Å². The van der Waals surface area contributed by atoms with Gasteiger partial charge in [0.2, 0.25) is 0 Å². The first kappa shape index (κ1) is 26.8. The first-order valence-corrected chi connectivity index (χ1v) is 16.1. The van der Waals surface area contributed by atoms with Crippen molar-refractivity contribution in [2.75, 3.05) is 0 Å². The summed E-state index contributed by atoms with van der Waals surface area (Å²) in [6, 6.07) is 10.6. The Balaban J connectivity index is 1.40. The van der Waals surface area contributed by atoms with Gasteiger partial charge in [0.1, 0.15) is 0 Å². The van der Waals surface area contributed by atoms with Gasteiger partial charge in [-0.15, -0.1) is 0 Å². The third-order valence-corrected chi connectivity index (χ3v) is 14.5. The summed E-state index contributed by atoms with van der Waals surface area (Å²) in [4.78, 5) is 14.0. The fourth-order valence-electron chi connectivity index (χ4n) is 12.5. The van der Waals surface area contributed by atoms with E-state index in [1.54, 1.807) is 0 Å². The Labute approximate surface area is 233 Å². The second kappa shape index (κ2) is 8.57. The van der Waals surface area contributed by atoms with Crippen molar-refractivity contribution in [3.8, 4) is 0 Å². The molecule has 5 unspecified atom stereocenters. The number of ketones is 1. The lowest BCUT2D eigenvalue weighted by atomic mass is 9.32. The number of hydrogen-bond acceptors (Lipinski definition) is 1. The molecule has 1 nitrogen and oxygen atoms in total. The van der Waals surface area contributed by atoms with Crippen LogP contribution >= 0.6 is 0 Å². The van der Waals surface area contributed by atoms with Gasteiger partial charge in [-0.1, -0.05) is 85.7 Å². The van der Waals surface area contributed by atoms with E-state index in [0.717, 1.165) is 35.7 Å². The minimum Gasteiger partial charge on any atom is -0.294 e. The lowest BCUT2D eigenvalue weighted by Crippen LogP contribution is -2.66. The average molecular weight is 515 g/mol. The first-order valence-electron chi connectivity index (χ1n) is 16.1. The predicted octanol–water partition coefficient (Wildman–Crippen LogP) is 10.0. The fraction of sp³-hybridized carbons (Fsp3) is 0.757. The van der Waals surface area contributed by atoms with Gasteiger partial charge in [0, 0.05) is 5.41 Å². The number of benzene rings is 1. The molecule has 0 aromatic heterocycles. The molecule has 1 heteroatoms. The topological polar surface area (TPSA) is 17.1 Å². The summed E-state index contributed by atoms with van der Waals surface area (Å²) in [7, 11) is 0. The second-order valence-corrected chi connectivity index (χ2v) is 16.6. The van der Waals surface area contributed by atoms with Crippen molar-refractivity contribution in [3.05, 3.63) is 41.5 Å². The van der Waals surface area contributed by atoms with Gasteiger partial charge in [0.05, 0.1) is 0 Å². The van der Waals surface area contributed by atoms with Crippen LogP contribution in [0, 0.1) is 62.6 Å². The Morgan fingerprint density at radius 1 is 0.789 bits per heavy atom. The van der Waals surface area contributed by atoms with Gasteiger partial charge < -0.3 is 0 Å². The summed E-state index contributed by atoms with van der Waals surface area (Å²) in [5, 5.41) is 0. The van der Waals surface area contributed by atoms with E-state index in [4.69, 9.17) is 0 Å². The number of Topliss-reactive ketones (excluding diaryl/α,β-unsaturated/α-hetero) is 1. The van der Waals surface area contributed by atoms with Crippen molar-refractivity contribution >= 4 is 11.9 Å². The maximum absolute atomic E-state index is 14.0. The summed E-state index contributed by atoms with van der Waals surface area (Å²) < 4.78 is 0. The van der Waals surface area contributed by atoms with Crippen LogP contribution in [-0.4, -0.2) is 5.78 Å². The Kier molecular flexibility index (Phi) is 6.05. The maximum Gasteiger partial charge on any atom is 0.164 e. The molecular formula is C37H54O. The van der Waals surface area contributed by atoms with Crippen LogP contribution in [0.25, 0.3) is 6.08 Å². The lowest BCUT2D eigenvalue weighted by molar-refractivity contribution is -0.230. The Bertz CT molecular complexity index is 1130. The third kappa shape index (κ3) is 3.44. The van der Waals surface area contributed by atoms with Crippen molar-refractivity contribution in [3.63, 3.8) is 0 Å². The van der Waals surface area contributed by atoms with E-state index in [0.29, 0.717) is 33.9 Å². The number of rotatable bonds is 2. The number of fused-ring (bicyclic) bond motifs is 7. The number of carbonyl (C=O) groups excluding carboxylic acids is 1. The minimum absolute atomic E-state index is 0.187. The Hall–Kier alpha value is -1.37. The van der Waals surface area contributed by atoms with Gasteiger partial charge in [-0.3, -0.25) is 4.79 Å². The molecule has 38 heavy (non-hydrogen) atoms. The Morgan fingerprint density at radius 2 is 1.50 bits per heavy atom. The fourth-order valence-corrected chi connectivity index (χ4v) is 12.5. The molecule has 1 aromatic rings. The van der Waals surface area contributed by atoms with Crippen LogP contribution in [0.15, 0.2) is 35.9 Å². The number of carbonyl (C=O) groups is 1. The summed E-state index contributed by atoms with van der Waals surface area (Å²) in [6.07, 6.45) is 14.3. The van der Waals surface area contributed by atoms with Gasteiger partial charge >= 0.3 is 0 Å². The highest BCUT2D eigenvalue weighted by atomic mass is 16.1. The highest BCUT2D eigenvalue weighted by molar-refractivity contribution is 6.04. The third-order valence-electron chi connectivity index (χ3n) is 14.5. The van der Waals surface area contributed by atoms with Crippen LogP contribution < -0.4 is 0 Å². The van der Waals surface area contributed by atoms with Gasteiger partial charge in [0.15, 0.2) is 5.78 Å². The molecular weight excluding hydrogens is 460 g/mol. The number of hydrogen-bond donors (Lipinski definition) is 0. The molecule has 5 aliphatic carbocycles. The number of allylic oxidation sites excluding steroid dienone is 1. The summed E-state index contributed by atoms with van der Waals surface area (Å²) in [6.45, 7) is 20.3. The summed E-state index contributed by atoms with van der Waals surface area (Å²) in [5.74, 6) is 5.08. The van der Waals surface area contributed by atoms with E-state index in [1.165, 1.54) is 56.9 Å². The SMILES string of the molecule is CC(C)[C@@H]1CCC2(C)CC[C@]3(C)C(CCC4C5(C)C/C(=C/c6ccccc6)C(=O)C(C)(C)[C@@H]5CCC43C)[C@@H]12. The van der Waals surface area contributed by atoms with E-state index < -0.39 is 0 Å². The molecule has 0 saturated heterocycles. The smallest absolute Gasteiger partial charge is 0.164 e. The van der Waals surface area contributed by atoms with Crippen LogP contribution in [-0.2, 0) is 4.79 Å². The second-order valence-electron chi connectivity index (χ2n) is 16.6. The highest BCUT2D eigenvalue weighted by Gasteiger charge is 2.70. The molecule has 5 aliphatic rings. The van der Waals surface area contributed by atoms with E-state index >= 15 is 0 Å². The van der Waals surface area contributed by atoms with Gasteiger partial charge in [-0.2, -0.15) is 0 Å². The zero-order chi connectivity index (χ0) is 27.3. The largest absolute Gasteiger partial charge is 0.294 e. The normalized spacial score (nSPS) is 48.8. The molecule has 0 radical (unpaired) electrons. The van der Waals surface area contributed by atoms with Crippen LogP contribution in [0.2, 0.25) is 0 Å². The van der Waals surface area contributed by atoms with E-state index in [-0.39, 0.29) is 10.8 Å². The van der Waals surface area contributed by atoms with Crippen molar-refractivity contribution in [2.45, 2.75) is 113 Å². The molecule has 0 bridgehead atoms. The molecule has 6 rings (SSSR count). The molecule has 5 saturated carbocycles.